The lowest BCUT2D eigenvalue weighted by molar-refractivity contribution is 0.0955. The maximum Gasteiger partial charge on any atom is 0.271 e. The molecule has 0 atom stereocenters. The second-order valence-corrected chi connectivity index (χ2v) is 4.66. The van der Waals surface area contributed by atoms with E-state index in [0.29, 0.717) is 10.6 Å². The maximum absolute atomic E-state index is 11.9. The molecule has 0 saturated carbocycles. The minimum atomic E-state index is -0.217. The van der Waals surface area contributed by atoms with Crippen LogP contribution in [0, 0.1) is 0 Å². The minimum absolute atomic E-state index is 0.217. The molecule has 0 aromatic heterocycles. The summed E-state index contributed by atoms with van der Waals surface area (Å²) >= 11 is 5.86. The molecule has 2 aromatic rings. The van der Waals surface area contributed by atoms with E-state index in [4.69, 9.17) is 11.6 Å². The molecule has 1 amide bonds. The van der Waals surface area contributed by atoms with Crippen LogP contribution in [0.2, 0.25) is 5.02 Å². The SMILES string of the molecule is CCC(=NNC(=O)c1ccccc1)c1ccc(Cl)cc1. The molecule has 0 radical (unpaired) electrons. The van der Waals surface area contributed by atoms with Crippen LogP contribution >= 0.6 is 11.6 Å². The van der Waals surface area contributed by atoms with Crippen LogP contribution in [0.1, 0.15) is 29.3 Å². The zero-order valence-electron chi connectivity index (χ0n) is 11.1. The molecule has 0 aliphatic carbocycles. The summed E-state index contributed by atoms with van der Waals surface area (Å²) in [4.78, 5) is 11.9. The van der Waals surface area contributed by atoms with E-state index in [1.165, 1.54) is 0 Å². The van der Waals surface area contributed by atoms with Crippen LogP contribution < -0.4 is 5.43 Å². The fraction of sp³-hybridized carbons (Fsp3) is 0.125. The quantitative estimate of drug-likeness (QED) is 0.672. The monoisotopic (exact) mass is 286 g/mol. The summed E-state index contributed by atoms with van der Waals surface area (Å²) in [6.07, 6.45) is 0.719. The predicted octanol–water partition coefficient (Wildman–Crippen LogP) is 3.88. The van der Waals surface area contributed by atoms with Crippen molar-refractivity contribution in [2.24, 2.45) is 5.10 Å². The Kier molecular flexibility index (Phi) is 4.91. The molecular weight excluding hydrogens is 272 g/mol. The highest BCUT2D eigenvalue weighted by Crippen LogP contribution is 2.11. The fourth-order valence-corrected chi connectivity index (χ4v) is 1.89. The van der Waals surface area contributed by atoms with Crippen molar-refractivity contribution >= 4 is 23.2 Å². The summed E-state index contributed by atoms with van der Waals surface area (Å²) in [7, 11) is 0. The van der Waals surface area contributed by atoms with Crippen molar-refractivity contribution in [3.8, 4) is 0 Å². The van der Waals surface area contributed by atoms with Gasteiger partial charge in [0.15, 0.2) is 0 Å². The molecule has 0 aliphatic heterocycles. The number of carbonyl (C=O) groups is 1. The number of amides is 1. The Labute approximate surface area is 123 Å². The lowest BCUT2D eigenvalue weighted by Gasteiger charge is -2.05. The van der Waals surface area contributed by atoms with Gasteiger partial charge in [0.25, 0.3) is 5.91 Å². The van der Waals surface area contributed by atoms with Gasteiger partial charge in [0.1, 0.15) is 0 Å². The standard InChI is InChI=1S/C16H15ClN2O/c1-2-15(12-8-10-14(17)11-9-12)18-19-16(20)13-6-4-3-5-7-13/h3-11H,2H2,1H3,(H,19,20). The first kappa shape index (κ1) is 14.3. The summed E-state index contributed by atoms with van der Waals surface area (Å²) in [5, 5.41) is 4.87. The van der Waals surface area contributed by atoms with Crippen molar-refractivity contribution in [2.45, 2.75) is 13.3 Å². The van der Waals surface area contributed by atoms with Gasteiger partial charge in [0.2, 0.25) is 0 Å². The molecule has 0 spiro atoms. The van der Waals surface area contributed by atoms with Crippen LogP contribution in [-0.2, 0) is 0 Å². The zero-order chi connectivity index (χ0) is 14.4. The van der Waals surface area contributed by atoms with E-state index in [9.17, 15) is 4.79 Å². The first-order valence-corrected chi connectivity index (χ1v) is 6.76. The Morgan fingerprint density at radius 3 is 2.30 bits per heavy atom. The molecule has 102 valence electrons. The van der Waals surface area contributed by atoms with E-state index in [1.54, 1.807) is 24.3 Å². The van der Waals surface area contributed by atoms with Crippen molar-refractivity contribution in [1.29, 1.82) is 0 Å². The predicted molar refractivity (Wildman–Crippen MR) is 82.2 cm³/mol. The lowest BCUT2D eigenvalue weighted by atomic mass is 10.1. The Morgan fingerprint density at radius 2 is 1.70 bits per heavy atom. The Morgan fingerprint density at radius 1 is 1.05 bits per heavy atom. The number of benzene rings is 2. The van der Waals surface area contributed by atoms with E-state index < -0.39 is 0 Å². The summed E-state index contributed by atoms with van der Waals surface area (Å²) in [5.74, 6) is -0.217. The van der Waals surface area contributed by atoms with Gasteiger partial charge in [-0.1, -0.05) is 48.9 Å². The number of halogens is 1. The van der Waals surface area contributed by atoms with Crippen LogP contribution in [0.3, 0.4) is 0 Å². The minimum Gasteiger partial charge on any atom is -0.267 e. The molecule has 1 N–H and O–H groups in total. The highest BCUT2D eigenvalue weighted by Gasteiger charge is 2.05. The first-order chi connectivity index (χ1) is 9.70. The highest BCUT2D eigenvalue weighted by molar-refractivity contribution is 6.30. The summed E-state index contributed by atoms with van der Waals surface area (Å²) < 4.78 is 0. The third-order valence-corrected chi connectivity index (χ3v) is 3.09. The molecule has 0 saturated heterocycles. The van der Waals surface area contributed by atoms with Crippen molar-refractivity contribution in [3.63, 3.8) is 0 Å². The van der Waals surface area contributed by atoms with E-state index in [1.807, 2.05) is 37.3 Å². The average molecular weight is 287 g/mol. The van der Waals surface area contributed by atoms with Crippen molar-refractivity contribution < 1.29 is 4.79 Å². The van der Waals surface area contributed by atoms with E-state index in [0.717, 1.165) is 17.7 Å². The largest absolute Gasteiger partial charge is 0.271 e. The molecule has 2 rings (SSSR count). The Hall–Kier alpha value is -2.13. The molecule has 0 aliphatic rings. The normalized spacial score (nSPS) is 11.2. The van der Waals surface area contributed by atoms with E-state index in [2.05, 4.69) is 10.5 Å². The number of nitrogens with zero attached hydrogens (tertiary/aromatic N) is 1. The summed E-state index contributed by atoms with van der Waals surface area (Å²) in [6.45, 7) is 1.99. The lowest BCUT2D eigenvalue weighted by Crippen LogP contribution is -2.19. The van der Waals surface area contributed by atoms with Gasteiger partial charge in [-0.05, 0) is 36.2 Å². The Balaban J connectivity index is 2.12. The van der Waals surface area contributed by atoms with Gasteiger partial charge in [-0.25, -0.2) is 5.43 Å². The van der Waals surface area contributed by atoms with Crippen LogP contribution in [0.25, 0.3) is 0 Å². The number of hydrogen-bond acceptors (Lipinski definition) is 2. The molecular formula is C16H15ClN2O. The molecule has 3 nitrogen and oxygen atoms in total. The third-order valence-electron chi connectivity index (χ3n) is 2.84. The number of hydrazone groups is 1. The van der Waals surface area contributed by atoms with Gasteiger partial charge in [-0.15, -0.1) is 0 Å². The Bertz CT molecular complexity index is 606. The van der Waals surface area contributed by atoms with Gasteiger partial charge >= 0.3 is 0 Å². The van der Waals surface area contributed by atoms with Crippen LogP contribution in [0.5, 0.6) is 0 Å². The number of rotatable bonds is 4. The molecule has 20 heavy (non-hydrogen) atoms. The molecule has 0 fully saturated rings. The van der Waals surface area contributed by atoms with Crippen molar-refractivity contribution in [1.82, 2.24) is 5.43 Å². The first-order valence-electron chi connectivity index (χ1n) is 6.38. The highest BCUT2D eigenvalue weighted by atomic mass is 35.5. The molecule has 0 unspecified atom stereocenters. The smallest absolute Gasteiger partial charge is 0.267 e. The van der Waals surface area contributed by atoms with Gasteiger partial charge < -0.3 is 0 Å². The van der Waals surface area contributed by atoms with Gasteiger partial charge in [-0.2, -0.15) is 5.10 Å². The van der Waals surface area contributed by atoms with Crippen LogP contribution in [0.15, 0.2) is 59.7 Å². The van der Waals surface area contributed by atoms with Crippen LogP contribution in [-0.4, -0.2) is 11.6 Å². The summed E-state index contributed by atoms with van der Waals surface area (Å²) in [6, 6.07) is 16.4. The van der Waals surface area contributed by atoms with E-state index in [-0.39, 0.29) is 5.91 Å². The average Bonchev–Trinajstić information content (AvgIpc) is 2.50. The zero-order valence-corrected chi connectivity index (χ0v) is 11.9. The molecule has 4 heteroatoms. The fourth-order valence-electron chi connectivity index (χ4n) is 1.76. The number of hydrogen-bond donors (Lipinski definition) is 1. The van der Waals surface area contributed by atoms with Crippen molar-refractivity contribution in [2.75, 3.05) is 0 Å². The van der Waals surface area contributed by atoms with E-state index >= 15 is 0 Å². The number of nitrogens with one attached hydrogen (secondary N) is 1. The number of carbonyl (C=O) groups excluding carboxylic acids is 1. The van der Waals surface area contributed by atoms with Gasteiger partial charge in [0.05, 0.1) is 5.71 Å². The topological polar surface area (TPSA) is 41.5 Å². The molecule has 0 bridgehead atoms. The molecule has 2 aromatic carbocycles. The second-order valence-electron chi connectivity index (χ2n) is 4.23. The maximum atomic E-state index is 11.9. The van der Waals surface area contributed by atoms with Crippen molar-refractivity contribution in [3.05, 3.63) is 70.7 Å². The molecule has 0 heterocycles. The third kappa shape index (κ3) is 3.68. The second kappa shape index (κ2) is 6.87. The summed E-state index contributed by atoms with van der Waals surface area (Å²) in [5.41, 5.74) is 4.93. The van der Waals surface area contributed by atoms with Crippen LogP contribution in [0.4, 0.5) is 0 Å². The van der Waals surface area contributed by atoms with Gasteiger partial charge in [0, 0.05) is 10.6 Å². The van der Waals surface area contributed by atoms with Gasteiger partial charge in [-0.3, -0.25) is 4.79 Å².